The largest absolute Gasteiger partial charge is 0.339 e. The minimum Gasteiger partial charge on any atom is -0.339 e. The molecule has 1 aliphatic rings. The molecule has 0 atom stereocenters. The van der Waals surface area contributed by atoms with E-state index in [0.29, 0.717) is 17.3 Å². The van der Waals surface area contributed by atoms with Gasteiger partial charge in [-0.05, 0) is 37.3 Å². The third-order valence-corrected chi connectivity index (χ3v) is 3.97. The molecular formula is C15H17F2N3O. The average Bonchev–Trinajstić information content (AvgIpc) is 2.91. The zero-order chi connectivity index (χ0) is 14.8. The molecule has 21 heavy (non-hydrogen) atoms. The molecule has 1 fully saturated rings. The van der Waals surface area contributed by atoms with Crippen LogP contribution in [0.1, 0.15) is 48.9 Å². The lowest BCUT2D eigenvalue weighted by Gasteiger charge is -2.22. The zero-order valence-electron chi connectivity index (χ0n) is 11.6. The van der Waals surface area contributed by atoms with E-state index in [1.54, 1.807) is 0 Å². The molecule has 1 aromatic heterocycles. The molecule has 0 saturated heterocycles. The van der Waals surface area contributed by atoms with Crippen LogP contribution in [0.3, 0.4) is 0 Å². The van der Waals surface area contributed by atoms with Crippen LogP contribution < -0.4 is 5.73 Å². The summed E-state index contributed by atoms with van der Waals surface area (Å²) in [7, 11) is 0. The van der Waals surface area contributed by atoms with Gasteiger partial charge in [0.15, 0.2) is 5.82 Å². The van der Waals surface area contributed by atoms with Gasteiger partial charge in [0.25, 0.3) is 0 Å². The second-order valence-electron chi connectivity index (χ2n) is 5.57. The van der Waals surface area contributed by atoms with E-state index in [-0.39, 0.29) is 18.4 Å². The van der Waals surface area contributed by atoms with Crippen LogP contribution >= 0.6 is 0 Å². The number of nitrogens with two attached hydrogens (primary N) is 1. The molecule has 1 heterocycles. The molecule has 0 bridgehead atoms. The number of hydrogen-bond donors (Lipinski definition) is 1. The van der Waals surface area contributed by atoms with Gasteiger partial charge in [-0.15, -0.1) is 0 Å². The summed E-state index contributed by atoms with van der Waals surface area (Å²) in [5, 5.41) is 3.89. The number of benzene rings is 1. The third-order valence-electron chi connectivity index (χ3n) is 3.97. The van der Waals surface area contributed by atoms with Crippen LogP contribution in [-0.2, 0) is 6.42 Å². The number of rotatable bonds is 3. The van der Waals surface area contributed by atoms with Gasteiger partial charge >= 0.3 is 0 Å². The average molecular weight is 293 g/mol. The van der Waals surface area contributed by atoms with Gasteiger partial charge in [0.1, 0.15) is 11.6 Å². The van der Waals surface area contributed by atoms with Crippen LogP contribution in [-0.4, -0.2) is 16.2 Å². The zero-order valence-corrected chi connectivity index (χ0v) is 11.6. The highest BCUT2D eigenvalue weighted by Crippen LogP contribution is 2.31. The fourth-order valence-electron chi connectivity index (χ4n) is 2.71. The second kappa shape index (κ2) is 5.89. The highest BCUT2D eigenvalue weighted by molar-refractivity contribution is 5.21. The quantitative estimate of drug-likeness (QED) is 0.945. The second-order valence-corrected chi connectivity index (χ2v) is 5.57. The predicted octanol–water partition coefficient (Wildman–Crippen LogP) is 2.92. The van der Waals surface area contributed by atoms with Crippen LogP contribution in [0.4, 0.5) is 8.78 Å². The molecule has 4 nitrogen and oxygen atoms in total. The molecule has 1 aromatic carbocycles. The van der Waals surface area contributed by atoms with Crippen molar-refractivity contribution in [3.8, 4) is 0 Å². The van der Waals surface area contributed by atoms with Crippen LogP contribution in [0.15, 0.2) is 22.7 Å². The Bertz CT molecular complexity index is 621. The summed E-state index contributed by atoms with van der Waals surface area (Å²) in [6, 6.07) is 3.75. The highest BCUT2D eigenvalue weighted by atomic mass is 19.1. The van der Waals surface area contributed by atoms with Gasteiger partial charge in [-0.25, -0.2) is 8.78 Å². The molecule has 1 saturated carbocycles. The third kappa shape index (κ3) is 3.26. The molecule has 2 aromatic rings. The molecule has 0 amide bonds. The fourth-order valence-corrected chi connectivity index (χ4v) is 2.71. The van der Waals surface area contributed by atoms with Crippen molar-refractivity contribution in [3.63, 3.8) is 0 Å². The van der Waals surface area contributed by atoms with E-state index in [9.17, 15) is 8.78 Å². The molecule has 1 aliphatic carbocycles. The Balaban J connectivity index is 1.70. The lowest BCUT2D eigenvalue weighted by atomic mass is 9.86. The Morgan fingerprint density at radius 2 is 1.95 bits per heavy atom. The molecule has 6 heteroatoms. The van der Waals surface area contributed by atoms with E-state index in [4.69, 9.17) is 10.3 Å². The number of aromatic nitrogens is 2. The highest BCUT2D eigenvalue weighted by Gasteiger charge is 2.24. The van der Waals surface area contributed by atoms with E-state index >= 15 is 0 Å². The minimum atomic E-state index is -0.594. The van der Waals surface area contributed by atoms with Gasteiger partial charge in [-0.3, -0.25) is 0 Å². The molecule has 2 N–H and O–H groups in total. The van der Waals surface area contributed by atoms with E-state index in [1.807, 2.05) is 0 Å². The Morgan fingerprint density at radius 3 is 2.67 bits per heavy atom. The van der Waals surface area contributed by atoms with Gasteiger partial charge < -0.3 is 10.3 Å². The molecule has 3 rings (SSSR count). The Hall–Kier alpha value is -1.82. The van der Waals surface area contributed by atoms with E-state index < -0.39 is 11.6 Å². The summed E-state index contributed by atoms with van der Waals surface area (Å²) in [5.41, 5.74) is 6.23. The van der Waals surface area contributed by atoms with E-state index in [1.165, 1.54) is 12.1 Å². The lowest BCUT2D eigenvalue weighted by molar-refractivity contribution is 0.300. The maximum absolute atomic E-state index is 13.6. The van der Waals surface area contributed by atoms with Gasteiger partial charge in [-0.1, -0.05) is 11.2 Å². The molecule has 0 radical (unpaired) electrons. The number of halogens is 2. The van der Waals surface area contributed by atoms with Crippen LogP contribution in [0.5, 0.6) is 0 Å². The maximum atomic E-state index is 13.6. The normalized spacial score (nSPS) is 22.4. The van der Waals surface area contributed by atoms with Crippen molar-refractivity contribution in [3.05, 3.63) is 47.1 Å². The van der Waals surface area contributed by atoms with Gasteiger partial charge in [0, 0.05) is 24.4 Å². The van der Waals surface area contributed by atoms with Crippen molar-refractivity contribution >= 4 is 0 Å². The van der Waals surface area contributed by atoms with Crippen molar-refractivity contribution < 1.29 is 13.3 Å². The summed E-state index contributed by atoms with van der Waals surface area (Å²) < 4.78 is 31.7. The molecular weight excluding hydrogens is 276 g/mol. The summed E-state index contributed by atoms with van der Waals surface area (Å²) in [4.78, 5) is 4.34. The van der Waals surface area contributed by atoms with E-state index in [0.717, 1.165) is 31.7 Å². The predicted molar refractivity (Wildman–Crippen MR) is 72.6 cm³/mol. The van der Waals surface area contributed by atoms with Crippen LogP contribution in [0.25, 0.3) is 0 Å². The van der Waals surface area contributed by atoms with Crippen molar-refractivity contribution in [1.29, 1.82) is 0 Å². The van der Waals surface area contributed by atoms with Gasteiger partial charge in [-0.2, -0.15) is 4.98 Å². The van der Waals surface area contributed by atoms with Gasteiger partial charge in [0.05, 0.1) is 0 Å². The first-order valence-electron chi connectivity index (χ1n) is 7.14. The molecule has 0 aliphatic heterocycles. The molecule has 0 spiro atoms. The summed E-state index contributed by atoms with van der Waals surface area (Å²) in [5.74, 6) is 0.0718. The van der Waals surface area contributed by atoms with Gasteiger partial charge in [0.2, 0.25) is 5.89 Å². The fraction of sp³-hybridized carbons (Fsp3) is 0.467. The first kappa shape index (κ1) is 14.1. The monoisotopic (exact) mass is 293 g/mol. The van der Waals surface area contributed by atoms with Crippen LogP contribution in [0.2, 0.25) is 0 Å². The van der Waals surface area contributed by atoms with Crippen molar-refractivity contribution in [2.75, 3.05) is 0 Å². The van der Waals surface area contributed by atoms with E-state index in [2.05, 4.69) is 10.1 Å². The summed E-state index contributed by atoms with van der Waals surface area (Å²) in [6.07, 6.45) is 3.98. The molecule has 112 valence electrons. The molecule has 0 unspecified atom stereocenters. The topological polar surface area (TPSA) is 64.9 Å². The summed E-state index contributed by atoms with van der Waals surface area (Å²) in [6.45, 7) is 0. The maximum Gasteiger partial charge on any atom is 0.229 e. The van der Waals surface area contributed by atoms with Crippen molar-refractivity contribution in [1.82, 2.24) is 10.1 Å². The Morgan fingerprint density at radius 1 is 1.19 bits per heavy atom. The SMILES string of the molecule is NC1CCC(c2nc(Cc3ccc(F)cc3F)no2)CC1. The number of hydrogen-bond acceptors (Lipinski definition) is 4. The standard InChI is InChI=1S/C15H17F2N3O/c16-11-4-1-10(13(17)8-11)7-14-19-15(21-20-14)9-2-5-12(18)6-3-9/h1,4,8-9,12H,2-3,5-7,18H2. The van der Waals surface area contributed by atoms with Crippen molar-refractivity contribution in [2.45, 2.75) is 44.1 Å². The van der Waals surface area contributed by atoms with Crippen molar-refractivity contribution in [2.24, 2.45) is 5.73 Å². The lowest BCUT2D eigenvalue weighted by Crippen LogP contribution is -2.25. The smallest absolute Gasteiger partial charge is 0.229 e. The Kier molecular flexibility index (Phi) is 3.96. The minimum absolute atomic E-state index is 0.196. The van der Waals surface area contributed by atoms with Crippen LogP contribution in [0, 0.1) is 11.6 Å². The number of nitrogens with zero attached hydrogens (tertiary/aromatic N) is 2. The first-order chi connectivity index (χ1) is 10.1. The Labute approximate surface area is 121 Å². The first-order valence-corrected chi connectivity index (χ1v) is 7.14. The summed E-state index contributed by atoms with van der Waals surface area (Å²) >= 11 is 0.